The summed E-state index contributed by atoms with van der Waals surface area (Å²) in [6.07, 6.45) is 0.125. The number of aromatic nitrogens is 2. The van der Waals surface area contributed by atoms with E-state index >= 15 is 0 Å². The number of amides is 2. The average molecular weight is 439 g/mol. The summed E-state index contributed by atoms with van der Waals surface area (Å²) in [7, 11) is 0. The molecule has 0 aliphatic heterocycles. The second-order valence-corrected chi connectivity index (χ2v) is 8.86. The van der Waals surface area contributed by atoms with Gasteiger partial charge in [-0.15, -0.1) is 0 Å². The number of aryl methyl sites for hydroxylation is 1. The summed E-state index contributed by atoms with van der Waals surface area (Å²) in [5.74, 6) is 0.0740. The van der Waals surface area contributed by atoms with Crippen LogP contribution in [0.1, 0.15) is 48.8 Å². The second-order valence-electron chi connectivity index (χ2n) is 8.45. The van der Waals surface area contributed by atoms with Gasteiger partial charge in [0.05, 0.1) is 22.0 Å². The predicted octanol–water partition coefficient (Wildman–Crippen LogP) is 4.89. The van der Waals surface area contributed by atoms with Crippen molar-refractivity contribution in [2.45, 2.75) is 39.5 Å². The molecule has 1 heterocycles. The number of hydrogen-bond acceptors (Lipinski definition) is 3. The largest absolute Gasteiger partial charge is 0.351 e. The summed E-state index contributed by atoms with van der Waals surface area (Å²) in [5, 5.41) is 10.8. The highest BCUT2D eigenvalue weighted by atomic mass is 35.5. The highest BCUT2D eigenvalue weighted by molar-refractivity contribution is 6.33. The Morgan fingerprint density at radius 3 is 2.48 bits per heavy atom. The van der Waals surface area contributed by atoms with E-state index in [-0.39, 0.29) is 30.2 Å². The first-order valence-electron chi connectivity index (χ1n) is 10.2. The molecule has 2 amide bonds. The zero-order valence-corrected chi connectivity index (χ0v) is 19.0. The van der Waals surface area contributed by atoms with Crippen LogP contribution in [0, 0.1) is 6.92 Å². The fraction of sp³-hybridized carbons (Fsp3) is 0.292. The first-order valence-corrected chi connectivity index (χ1v) is 10.5. The maximum absolute atomic E-state index is 12.6. The molecule has 0 spiro atoms. The number of anilines is 1. The third kappa shape index (κ3) is 5.73. The van der Waals surface area contributed by atoms with Gasteiger partial charge in [-0.05, 0) is 36.8 Å². The average Bonchev–Trinajstić information content (AvgIpc) is 3.12. The van der Waals surface area contributed by atoms with Crippen LogP contribution in [0.15, 0.2) is 54.6 Å². The Morgan fingerprint density at radius 1 is 1.06 bits per heavy atom. The summed E-state index contributed by atoms with van der Waals surface area (Å²) in [6, 6.07) is 16.6. The van der Waals surface area contributed by atoms with Crippen molar-refractivity contribution in [2.24, 2.45) is 0 Å². The van der Waals surface area contributed by atoms with Crippen LogP contribution in [0.3, 0.4) is 0 Å². The van der Waals surface area contributed by atoms with Crippen LogP contribution in [-0.2, 0) is 10.2 Å². The van der Waals surface area contributed by atoms with Gasteiger partial charge >= 0.3 is 0 Å². The number of carbonyl (C=O) groups excluding carboxylic acids is 2. The number of nitrogens with one attached hydrogen (secondary N) is 2. The third-order valence-electron chi connectivity index (χ3n) is 4.75. The minimum atomic E-state index is -0.307. The van der Waals surface area contributed by atoms with Gasteiger partial charge in [-0.3, -0.25) is 9.59 Å². The van der Waals surface area contributed by atoms with Gasteiger partial charge in [0, 0.05) is 24.4 Å². The van der Waals surface area contributed by atoms with Gasteiger partial charge < -0.3 is 10.6 Å². The third-order valence-corrected chi connectivity index (χ3v) is 5.08. The maximum atomic E-state index is 12.6. The Morgan fingerprint density at radius 2 is 1.81 bits per heavy atom. The van der Waals surface area contributed by atoms with Gasteiger partial charge in [-0.1, -0.05) is 56.6 Å². The molecule has 1 aromatic heterocycles. The predicted molar refractivity (Wildman–Crippen MR) is 124 cm³/mol. The lowest BCUT2D eigenvalue weighted by atomic mass is 9.92. The van der Waals surface area contributed by atoms with Crippen LogP contribution in [-0.4, -0.2) is 28.1 Å². The number of halogens is 1. The molecule has 0 radical (unpaired) electrons. The van der Waals surface area contributed by atoms with E-state index in [9.17, 15) is 9.59 Å². The molecule has 0 bridgehead atoms. The van der Waals surface area contributed by atoms with E-state index in [1.54, 1.807) is 28.9 Å². The van der Waals surface area contributed by atoms with Crippen molar-refractivity contribution < 1.29 is 9.59 Å². The van der Waals surface area contributed by atoms with Crippen molar-refractivity contribution in [3.8, 4) is 5.69 Å². The van der Waals surface area contributed by atoms with Crippen LogP contribution >= 0.6 is 11.6 Å². The van der Waals surface area contributed by atoms with Gasteiger partial charge in [0.25, 0.3) is 5.91 Å². The van der Waals surface area contributed by atoms with E-state index < -0.39 is 0 Å². The molecular formula is C24H27ClN4O2. The number of benzene rings is 2. The monoisotopic (exact) mass is 438 g/mol. The molecule has 0 aliphatic carbocycles. The van der Waals surface area contributed by atoms with Crippen LogP contribution in [0.2, 0.25) is 5.02 Å². The van der Waals surface area contributed by atoms with Crippen molar-refractivity contribution in [2.75, 3.05) is 11.9 Å². The molecule has 2 N–H and O–H groups in total. The lowest BCUT2D eigenvalue weighted by Gasteiger charge is -2.14. The van der Waals surface area contributed by atoms with Crippen molar-refractivity contribution in [1.29, 1.82) is 0 Å². The molecule has 7 heteroatoms. The quantitative estimate of drug-likeness (QED) is 0.575. The Hall–Kier alpha value is -3.12. The molecule has 6 nitrogen and oxygen atoms in total. The zero-order valence-electron chi connectivity index (χ0n) is 18.2. The van der Waals surface area contributed by atoms with Crippen molar-refractivity contribution >= 4 is 29.2 Å². The molecular weight excluding hydrogens is 412 g/mol. The molecule has 0 unspecified atom stereocenters. The first kappa shape index (κ1) is 22.6. The molecule has 0 fully saturated rings. The van der Waals surface area contributed by atoms with Crippen molar-refractivity contribution in [1.82, 2.24) is 15.1 Å². The van der Waals surface area contributed by atoms with E-state index in [1.165, 1.54) is 0 Å². The topological polar surface area (TPSA) is 76.0 Å². The number of hydrogen-bond donors (Lipinski definition) is 2. The Balaban J connectivity index is 1.70. The first-order chi connectivity index (χ1) is 14.6. The van der Waals surface area contributed by atoms with Crippen LogP contribution in [0.25, 0.3) is 5.69 Å². The SMILES string of the molecule is Cc1cccc(-n2nc(C(C)(C)C)cc2NC(=O)CCNC(=O)c2ccccc2Cl)c1. The normalized spacial score (nSPS) is 11.3. The number of nitrogens with zero attached hydrogens (tertiary/aromatic N) is 2. The Kier molecular flexibility index (Phi) is 6.81. The number of carbonyl (C=O) groups is 2. The van der Waals surface area contributed by atoms with Crippen LogP contribution in [0.4, 0.5) is 5.82 Å². The summed E-state index contributed by atoms with van der Waals surface area (Å²) in [6.45, 7) is 8.43. The van der Waals surface area contributed by atoms with Crippen molar-refractivity contribution in [3.63, 3.8) is 0 Å². The van der Waals surface area contributed by atoms with E-state index in [0.29, 0.717) is 16.4 Å². The lowest BCUT2D eigenvalue weighted by molar-refractivity contribution is -0.116. The highest BCUT2D eigenvalue weighted by Gasteiger charge is 2.21. The van der Waals surface area contributed by atoms with Gasteiger partial charge in [-0.25, -0.2) is 4.68 Å². The minimum absolute atomic E-state index is 0.125. The molecule has 31 heavy (non-hydrogen) atoms. The summed E-state index contributed by atoms with van der Waals surface area (Å²) < 4.78 is 1.74. The van der Waals surface area contributed by atoms with Gasteiger partial charge in [0.2, 0.25) is 5.91 Å². The van der Waals surface area contributed by atoms with Gasteiger partial charge in [0.1, 0.15) is 5.82 Å². The van der Waals surface area contributed by atoms with E-state index in [0.717, 1.165) is 16.9 Å². The Bertz CT molecular complexity index is 1100. The second kappa shape index (κ2) is 9.35. The summed E-state index contributed by atoms with van der Waals surface area (Å²) in [5.41, 5.74) is 3.06. The summed E-state index contributed by atoms with van der Waals surface area (Å²) in [4.78, 5) is 24.8. The molecule has 0 aliphatic rings. The Labute approximate surface area is 187 Å². The van der Waals surface area contributed by atoms with Gasteiger partial charge in [0.15, 0.2) is 0 Å². The van der Waals surface area contributed by atoms with E-state index in [4.69, 9.17) is 16.7 Å². The molecule has 2 aromatic carbocycles. The molecule has 3 aromatic rings. The number of rotatable bonds is 6. The smallest absolute Gasteiger partial charge is 0.252 e. The summed E-state index contributed by atoms with van der Waals surface area (Å²) >= 11 is 6.04. The van der Waals surface area contributed by atoms with E-state index in [2.05, 4.69) is 31.4 Å². The molecule has 162 valence electrons. The van der Waals surface area contributed by atoms with Crippen LogP contribution in [0.5, 0.6) is 0 Å². The molecule has 0 atom stereocenters. The minimum Gasteiger partial charge on any atom is -0.351 e. The van der Waals surface area contributed by atoms with Gasteiger partial charge in [-0.2, -0.15) is 5.10 Å². The lowest BCUT2D eigenvalue weighted by Crippen LogP contribution is -2.28. The fourth-order valence-corrected chi connectivity index (χ4v) is 3.25. The zero-order chi connectivity index (χ0) is 22.6. The molecule has 0 saturated carbocycles. The van der Waals surface area contributed by atoms with Crippen LogP contribution < -0.4 is 10.6 Å². The molecule has 3 rings (SSSR count). The maximum Gasteiger partial charge on any atom is 0.252 e. The highest BCUT2D eigenvalue weighted by Crippen LogP contribution is 2.26. The van der Waals surface area contributed by atoms with Crippen molar-refractivity contribution in [3.05, 3.63) is 76.4 Å². The molecule has 0 saturated heterocycles. The van der Waals surface area contributed by atoms with E-state index in [1.807, 2.05) is 37.3 Å². The fourth-order valence-electron chi connectivity index (χ4n) is 3.03. The standard InChI is InChI=1S/C24H27ClN4O2/c1-16-8-7-9-17(14-16)29-21(15-20(28-29)24(2,3)4)27-22(30)12-13-26-23(31)18-10-5-6-11-19(18)25/h5-11,14-15H,12-13H2,1-4H3,(H,26,31)(H,27,30).